The molecule has 0 spiro atoms. The van der Waals surface area contributed by atoms with Crippen molar-refractivity contribution in [3.63, 3.8) is 0 Å². The van der Waals surface area contributed by atoms with Gasteiger partial charge in [-0.3, -0.25) is 9.59 Å². The van der Waals surface area contributed by atoms with Crippen LogP contribution in [0.25, 0.3) is 11.1 Å². The highest BCUT2D eigenvalue weighted by atomic mass is 16.3. The molecule has 5 heteroatoms. The van der Waals surface area contributed by atoms with E-state index in [1.165, 1.54) is 23.0 Å². The number of amides is 2. The van der Waals surface area contributed by atoms with Gasteiger partial charge in [0.1, 0.15) is 0 Å². The van der Waals surface area contributed by atoms with Gasteiger partial charge in [0.05, 0.1) is 12.8 Å². The molecule has 0 saturated carbocycles. The van der Waals surface area contributed by atoms with Crippen molar-refractivity contribution in [3.05, 3.63) is 77.7 Å². The molecule has 3 aromatic rings. The smallest absolute Gasteiger partial charge is 0.287 e. The minimum absolute atomic E-state index is 0.118. The molecule has 2 aromatic carbocycles. The monoisotopic (exact) mass is 332 g/mol. The molecule has 124 valence electrons. The van der Waals surface area contributed by atoms with E-state index < -0.39 is 5.91 Å². The second-order valence-electron chi connectivity index (χ2n) is 5.91. The highest BCUT2D eigenvalue weighted by Crippen LogP contribution is 2.37. The first-order chi connectivity index (χ1) is 12.2. The van der Waals surface area contributed by atoms with Gasteiger partial charge < -0.3 is 15.1 Å². The summed E-state index contributed by atoms with van der Waals surface area (Å²) in [4.78, 5) is 23.8. The Morgan fingerprint density at radius 2 is 1.80 bits per heavy atom. The lowest BCUT2D eigenvalue weighted by atomic mass is 10.1. The summed E-state index contributed by atoms with van der Waals surface area (Å²) in [7, 11) is 0. The van der Waals surface area contributed by atoms with E-state index in [0.717, 1.165) is 12.0 Å². The van der Waals surface area contributed by atoms with Gasteiger partial charge >= 0.3 is 0 Å². The maximum Gasteiger partial charge on any atom is 0.287 e. The summed E-state index contributed by atoms with van der Waals surface area (Å²) in [6, 6.07) is 17.3. The molecular formula is C20H16N2O3. The molecule has 0 fully saturated rings. The van der Waals surface area contributed by atoms with Crippen LogP contribution in [-0.4, -0.2) is 18.4 Å². The van der Waals surface area contributed by atoms with Crippen LogP contribution < -0.4 is 10.6 Å². The molecule has 0 aliphatic heterocycles. The zero-order valence-electron chi connectivity index (χ0n) is 13.4. The first kappa shape index (κ1) is 15.2. The van der Waals surface area contributed by atoms with Crippen LogP contribution in [-0.2, 0) is 11.2 Å². The molecule has 0 unspecified atom stereocenters. The van der Waals surface area contributed by atoms with E-state index in [-0.39, 0.29) is 18.2 Å². The maximum absolute atomic E-state index is 12.1. The minimum atomic E-state index is -0.414. The minimum Gasteiger partial charge on any atom is -0.459 e. The van der Waals surface area contributed by atoms with Crippen molar-refractivity contribution in [3.8, 4) is 11.1 Å². The molecule has 0 bridgehead atoms. The Kier molecular flexibility index (Phi) is 3.82. The summed E-state index contributed by atoms with van der Waals surface area (Å²) in [5, 5.41) is 5.35. The lowest BCUT2D eigenvalue weighted by Gasteiger charge is -2.08. The predicted molar refractivity (Wildman–Crippen MR) is 94.4 cm³/mol. The number of furan rings is 1. The molecule has 1 aliphatic carbocycles. The zero-order valence-corrected chi connectivity index (χ0v) is 13.4. The SMILES string of the molecule is O=C(CNC(=O)c1ccco1)Nc1ccc2c(c1)-c1ccccc1C2. The van der Waals surface area contributed by atoms with E-state index in [4.69, 9.17) is 4.42 Å². The summed E-state index contributed by atoms with van der Waals surface area (Å²) < 4.78 is 4.99. The number of hydrogen-bond donors (Lipinski definition) is 2. The fourth-order valence-electron chi connectivity index (χ4n) is 3.06. The number of hydrogen-bond acceptors (Lipinski definition) is 3. The van der Waals surface area contributed by atoms with E-state index in [2.05, 4.69) is 22.8 Å². The highest BCUT2D eigenvalue weighted by Gasteiger charge is 2.18. The van der Waals surface area contributed by atoms with Crippen LogP contribution in [0.15, 0.2) is 65.3 Å². The van der Waals surface area contributed by atoms with E-state index >= 15 is 0 Å². The summed E-state index contributed by atoms with van der Waals surface area (Å²) in [5.41, 5.74) is 5.62. The van der Waals surface area contributed by atoms with Gasteiger partial charge in [0.2, 0.25) is 5.91 Å². The topological polar surface area (TPSA) is 71.3 Å². The predicted octanol–water partition coefficient (Wildman–Crippen LogP) is 3.22. The molecule has 0 atom stereocenters. The number of benzene rings is 2. The fraction of sp³-hybridized carbons (Fsp3) is 0.100. The summed E-state index contributed by atoms with van der Waals surface area (Å²) in [5.74, 6) is -0.517. The van der Waals surface area contributed by atoms with Crippen molar-refractivity contribution in [1.82, 2.24) is 5.32 Å². The Balaban J connectivity index is 1.42. The Hall–Kier alpha value is -3.34. The summed E-state index contributed by atoms with van der Waals surface area (Å²) in [6.45, 7) is -0.118. The van der Waals surface area contributed by atoms with Crippen molar-refractivity contribution in [2.24, 2.45) is 0 Å². The lowest BCUT2D eigenvalue weighted by molar-refractivity contribution is -0.115. The van der Waals surface area contributed by atoms with Crippen LogP contribution >= 0.6 is 0 Å². The Labute approximate surface area is 144 Å². The number of rotatable bonds is 4. The molecule has 4 rings (SSSR count). The number of carbonyl (C=O) groups is 2. The van der Waals surface area contributed by atoms with Crippen LogP contribution in [0.1, 0.15) is 21.7 Å². The van der Waals surface area contributed by atoms with Gasteiger partial charge in [0, 0.05) is 5.69 Å². The van der Waals surface area contributed by atoms with Gasteiger partial charge in [-0.1, -0.05) is 30.3 Å². The summed E-state index contributed by atoms with van der Waals surface area (Å²) >= 11 is 0. The Morgan fingerprint density at radius 3 is 2.64 bits per heavy atom. The largest absolute Gasteiger partial charge is 0.459 e. The van der Waals surface area contributed by atoms with Gasteiger partial charge in [-0.05, 0) is 52.9 Å². The third kappa shape index (κ3) is 3.04. The van der Waals surface area contributed by atoms with Gasteiger partial charge in [0.25, 0.3) is 5.91 Å². The Morgan fingerprint density at radius 1 is 0.960 bits per heavy atom. The number of nitrogens with one attached hydrogen (secondary N) is 2. The second-order valence-corrected chi connectivity index (χ2v) is 5.91. The molecule has 2 N–H and O–H groups in total. The van der Waals surface area contributed by atoms with Crippen molar-refractivity contribution in [1.29, 1.82) is 0 Å². The van der Waals surface area contributed by atoms with Gasteiger partial charge in [-0.15, -0.1) is 0 Å². The van der Waals surface area contributed by atoms with Crippen molar-refractivity contribution < 1.29 is 14.0 Å². The first-order valence-electron chi connectivity index (χ1n) is 8.03. The fourth-order valence-corrected chi connectivity index (χ4v) is 3.06. The third-order valence-electron chi connectivity index (χ3n) is 4.24. The molecule has 25 heavy (non-hydrogen) atoms. The van der Waals surface area contributed by atoms with E-state index in [9.17, 15) is 9.59 Å². The molecule has 1 aliphatic rings. The van der Waals surface area contributed by atoms with Crippen LogP contribution in [0.2, 0.25) is 0 Å². The van der Waals surface area contributed by atoms with E-state index in [1.807, 2.05) is 30.3 Å². The summed E-state index contributed by atoms with van der Waals surface area (Å²) in [6.07, 6.45) is 2.33. The van der Waals surface area contributed by atoms with Gasteiger partial charge in [-0.25, -0.2) is 0 Å². The molecule has 2 amide bonds. The first-order valence-corrected chi connectivity index (χ1v) is 8.03. The molecule has 0 radical (unpaired) electrons. The average Bonchev–Trinajstić information content (AvgIpc) is 3.27. The normalized spacial score (nSPS) is 11.5. The molecule has 0 saturated heterocycles. The molecule has 1 aromatic heterocycles. The Bertz CT molecular complexity index is 945. The van der Waals surface area contributed by atoms with E-state index in [0.29, 0.717) is 5.69 Å². The lowest BCUT2D eigenvalue weighted by Crippen LogP contribution is -2.32. The number of fused-ring (bicyclic) bond motifs is 3. The van der Waals surface area contributed by atoms with Crippen LogP contribution in [0.4, 0.5) is 5.69 Å². The molecular weight excluding hydrogens is 316 g/mol. The highest BCUT2D eigenvalue weighted by molar-refractivity contribution is 5.98. The molecule has 1 heterocycles. The van der Waals surface area contributed by atoms with Crippen LogP contribution in [0.3, 0.4) is 0 Å². The quantitative estimate of drug-likeness (QED) is 0.603. The second kappa shape index (κ2) is 6.28. The van der Waals surface area contributed by atoms with Crippen molar-refractivity contribution in [2.45, 2.75) is 6.42 Å². The van der Waals surface area contributed by atoms with E-state index in [1.54, 1.807) is 12.1 Å². The standard InChI is InChI=1S/C20H16N2O3/c23-19(12-21-20(24)18-6-3-9-25-18)22-15-8-7-14-10-13-4-1-2-5-16(13)17(14)11-15/h1-9,11H,10,12H2,(H,21,24)(H,22,23). The van der Waals surface area contributed by atoms with Crippen molar-refractivity contribution in [2.75, 3.05) is 11.9 Å². The number of carbonyl (C=O) groups excluding carboxylic acids is 2. The zero-order chi connectivity index (χ0) is 17.2. The van der Waals surface area contributed by atoms with Gasteiger partial charge in [0.15, 0.2) is 5.76 Å². The van der Waals surface area contributed by atoms with Gasteiger partial charge in [-0.2, -0.15) is 0 Å². The number of anilines is 1. The third-order valence-corrected chi connectivity index (χ3v) is 4.24. The van der Waals surface area contributed by atoms with Crippen molar-refractivity contribution >= 4 is 17.5 Å². The maximum atomic E-state index is 12.1. The molecule has 5 nitrogen and oxygen atoms in total. The van der Waals surface area contributed by atoms with Crippen LogP contribution in [0.5, 0.6) is 0 Å². The average molecular weight is 332 g/mol. The van der Waals surface area contributed by atoms with Crippen LogP contribution in [0, 0.1) is 0 Å².